The molecule has 0 heterocycles. The van der Waals surface area contributed by atoms with Crippen LogP contribution in [0.25, 0.3) is 0 Å². The third-order valence-corrected chi connectivity index (χ3v) is 18.6. The second-order valence-electron chi connectivity index (χ2n) is 8.88. The van der Waals surface area contributed by atoms with Crippen molar-refractivity contribution in [3.63, 3.8) is 0 Å². The number of amides is 2. The molecule has 2 amide bonds. The zero-order valence-electron chi connectivity index (χ0n) is 21.4. The fourth-order valence-corrected chi connectivity index (χ4v) is 14.0. The Morgan fingerprint density at radius 2 is 1.31 bits per heavy atom. The predicted molar refractivity (Wildman–Crippen MR) is 170 cm³/mol. The second kappa shape index (κ2) is 14.9. The van der Waals surface area contributed by atoms with Gasteiger partial charge >= 0.3 is 230 Å². The minimum Gasteiger partial charge on any atom is -0.480 e. The Morgan fingerprint density at radius 3 is 1.77 bits per heavy atom. The number of carbonyl (C=O) groups is 3. The van der Waals surface area contributed by atoms with Crippen molar-refractivity contribution in [3.8, 4) is 0 Å². The number of benzene rings is 3. The average Bonchev–Trinajstić information content (AvgIpc) is 2.97. The number of nitrogens with two attached hydrogens (primary N) is 1. The van der Waals surface area contributed by atoms with Gasteiger partial charge in [-0.1, -0.05) is 0 Å². The van der Waals surface area contributed by atoms with Gasteiger partial charge in [0.15, 0.2) is 0 Å². The summed E-state index contributed by atoms with van der Waals surface area (Å²) in [5.74, 6) is -1.25. The number of halogens is 1. The zero-order valence-corrected chi connectivity index (χ0v) is 25.5. The van der Waals surface area contributed by atoms with Gasteiger partial charge in [0.05, 0.1) is 0 Å². The van der Waals surface area contributed by atoms with Crippen molar-refractivity contribution < 1.29 is 19.5 Å². The quantitative estimate of drug-likeness (QED) is 0.113. The van der Waals surface area contributed by atoms with E-state index in [2.05, 4.69) is 98.9 Å². The van der Waals surface area contributed by atoms with Gasteiger partial charge in [-0.2, -0.15) is 0 Å². The minimum atomic E-state index is -3.02. The molecule has 0 aliphatic rings. The van der Waals surface area contributed by atoms with Gasteiger partial charge in [0.25, 0.3) is 0 Å². The summed E-state index contributed by atoms with van der Waals surface area (Å²) in [4.78, 5) is 34.8. The van der Waals surface area contributed by atoms with Crippen LogP contribution in [0.2, 0.25) is 0 Å². The molecule has 3 rings (SSSR count). The smallest absolute Gasteiger partial charge is 0.480 e. The van der Waals surface area contributed by atoms with E-state index in [1.54, 1.807) is 0 Å². The van der Waals surface area contributed by atoms with Crippen LogP contribution in [0.4, 0.5) is 0 Å². The number of nitrogens with one attached hydrogen (secondary N) is 2. The summed E-state index contributed by atoms with van der Waals surface area (Å²) in [5.41, 5.74) is 5.78. The molecule has 0 spiro atoms. The van der Waals surface area contributed by atoms with Crippen LogP contribution in [0, 0.1) is 0 Å². The van der Waals surface area contributed by atoms with Crippen LogP contribution in [0.3, 0.4) is 0 Å². The molecule has 208 valence electrons. The fourth-order valence-electron chi connectivity index (χ4n) is 4.29. The molecule has 39 heavy (non-hydrogen) atoms. The topological polar surface area (TPSA) is 122 Å². The monoisotopic (exact) mass is 649 g/mol. The van der Waals surface area contributed by atoms with Crippen LogP contribution in [0.1, 0.15) is 6.42 Å². The van der Waals surface area contributed by atoms with Crippen molar-refractivity contribution in [1.29, 1.82) is 0 Å². The Labute approximate surface area is 245 Å². The van der Waals surface area contributed by atoms with Crippen LogP contribution in [0.5, 0.6) is 0 Å². The van der Waals surface area contributed by atoms with Gasteiger partial charge in [-0.25, -0.2) is 0 Å². The van der Waals surface area contributed by atoms with Crippen LogP contribution >= 0.6 is 42.4 Å². The molecule has 3 aromatic rings. The molecule has 0 fully saturated rings. The number of aliphatic carboxylic acids is 1. The van der Waals surface area contributed by atoms with Crippen molar-refractivity contribution >= 4 is 76.1 Å². The van der Waals surface area contributed by atoms with E-state index in [4.69, 9.17) is 10.8 Å². The predicted octanol–water partition coefficient (Wildman–Crippen LogP) is 3.24. The summed E-state index contributed by atoms with van der Waals surface area (Å²) in [6.45, 7) is 0.0571. The number of carboxylic acids is 1. The third kappa shape index (κ3) is 8.08. The second-order valence-corrected chi connectivity index (χ2v) is 20.4. The third-order valence-electron chi connectivity index (χ3n) is 6.23. The first-order chi connectivity index (χ1) is 18.7. The van der Waals surface area contributed by atoms with Gasteiger partial charge in [-0.3, -0.25) is 4.79 Å². The van der Waals surface area contributed by atoms with Crippen molar-refractivity contribution in [1.82, 2.24) is 10.6 Å². The summed E-state index contributed by atoms with van der Waals surface area (Å²) in [6, 6.07) is 30.8. The van der Waals surface area contributed by atoms with E-state index in [9.17, 15) is 14.4 Å². The molecule has 1 unspecified atom stereocenters. The van der Waals surface area contributed by atoms with E-state index in [1.807, 2.05) is 18.2 Å². The number of hydrogen-bond donors (Lipinski definition) is 4. The zero-order chi connectivity index (χ0) is 28.2. The molecule has 5 N–H and O–H groups in total. The Kier molecular flexibility index (Phi) is 11.9. The molecular weight excluding hydrogens is 617 g/mol. The minimum absolute atomic E-state index is 0.0922. The van der Waals surface area contributed by atoms with Crippen molar-refractivity contribution in [3.05, 3.63) is 91.0 Å². The van der Waals surface area contributed by atoms with E-state index in [0.717, 1.165) is 12.6 Å². The summed E-state index contributed by atoms with van der Waals surface area (Å²) >= 11 is 4.41. The SMILES string of the molecule is NC(CSSCC(=O)NCCCP(Br)(c1ccccc1)(c1ccccc1)c1ccccc1)C(=O)NCC(=O)O. The van der Waals surface area contributed by atoms with Gasteiger partial charge < -0.3 is 5.11 Å². The number of carboxylic acid groups (broad SMARTS) is 1. The van der Waals surface area contributed by atoms with Gasteiger partial charge in [0, 0.05) is 0 Å². The number of carbonyl (C=O) groups excluding carboxylic acids is 2. The van der Waals surface area contributed by atoms with Crippen LogP contribution in [-0.4, -0.2) is 59.7 Å². The van der Waals surface area contributed by atoms with E-state index in [-0.39, 0.29) is 17.4 Å². The molecule has 0 aliphatic carbocycles. The van der Waals surface area contributed by atoms with Gasteiger partial charge in [0.2, 0.25) is 0 Å². The fraction of sp³-hybridized carbons (Fsp3) is 0.250. The molecule has 0 radical (unpaired) electrons. The summed E-state index contributed by atoms with van der Waals surface area (Å²) in [6.07, 6.45) is 1.59. The van der Waals surface area contributed by atoms with Crippen LogP contribution in [0.15, 0.2) is 91.0 Å². The molecule has 0 saturated carbocycles. The van der Waals surface area contributed by atoms with Gasteiger partial charge in [0.1, 0.15) is 6.54 Å². The first kappa shape index (κ1) is 31.2. The van der Waals surface area contributed by atoms with Gasteiger partial charge in [-0.15, -0.1) is 0 Å². The number of hydrogen-bond acceptors (Lipinski definition) is 6. The van der Waals surface area contributed by atoms with Crippen molar-refractivity contribution in [2.75, 3.05) is 30.8 Å². The normalized spacial score (nSPS) is 13.0. The maximum absolute atomic E-state index is 12.5. The van der Waals surface area contributed by atoms with E-state index < -0.39 is 29.8 Å². The molecule has 0 aliphatic heterocycles. The molecule has 7 nitrogen and oxygen atoms in total. The summed E-state index contributed by atoms with van der Waals surface area (Å²) in [7, 11) is 2.62. The van der Waals surface area contributed by atoms with E-state index >= 15 is 0 Å². The van der Waals surface area contributed by atoms with Crippen molar-refractivity contribution in [2.45, 2.75) is 12.5 Å². The molecule has 0 bridgehead atoms. The Morgan fingerprint density at radius 1 is 0.821 bits per heavy atom. The molecule has 1 atom stereocenters. The first-order valence-electron chi connectivity index (χ1n) is 12.4. The number of rotatable bonds is 15. The van der Waals surface area contributed by atoms with E-state index in [0.29, 0.717) is 6.54 Å². The Bertz CT molecular complexity index is 1140. The van der Waals surface area contributed by atoms with E-state index in [1.165, 1.54) is 37.5 Å². The molecule has 11 heteroatoms. The van der Waals surface area contributed by atoms with Gasteiger partial charge in [-0.05, 0) is 0 Å². The summed E-state index contributed by atoms with van der Waals surface area (Å²) < 4.78 is 0. The molecule has 0 aromatic heterocycles. The molecule has 0 saturated heterocycles. The molecule has 3 aromatic carbocycles. The average molecular weight is 651 g/mol. The van der Waals surface area contributed by atoms with Crippen LogP contribution in [-0.2, 0) is 14.4 Å². The van der Waals surface area contributed by atoms with Crippen LogP contribution < -0.4 is 32.3 Å². The maximum atomic E-state index is 12.5. The van der Waals surface area contributed by atoms with Crippen molar-refractivity contribution in [2.24, 2.45) is 5.73 Å². The summed E-state index contributed by atoms with van der Waals surface area (Å²) in [5, 5.41) is 14.6. The standard InChI is InChI=1S/C28H33BrN3O4PS2/c29-37(22-11-4-1-5-12-22,23-13-6-2-7-14-23,24-15-8-3-9-16-24)18-10-17-31-26(33)21-39-38-20-25(30)28(36)32-19-27(34)35/h1-9,11-16,25H,10,17-21,30H2,(H,31,33)(H,32,36)(H,34,35). The Hall–Kier alpha value is -2.36. The molecular formula is C28H33BrN3O4PS2. The first-order valence-corrected chi connectivity index (χ1v) is 19.3. The Balaban J connectivity index is 1.61.